The fourth-order valence-electron chi connectivity index (χ4n) is 3.38. The number of fused-ring (bicyclic) bond motifs is 1. The predicted octanol–water partition coefficient (Wildman–Crippen LogP) is 1.46. The number of aliphatic hydroxyl groups excluding tert-OH is 1. The first-order chi connectivity index (χ1) is 12.5. The molecule has 10 nitrogen and oxygen atoms in total. The van der Waals surface area contributed by atoms with E-state index in [9.17, 15) is 10.1 Å². The normalized spacial score (nSPS) is 16.1. The predicted molar refractivity (Wildman–Crippen MR) is 97.6 cm³/mol. The maximum Gasteiger partial charge on any atom is 0.323 e. The number of nitro groups is 1. The van der Waals surface area contributed by atoms with Gasteiger partial charge >= 0.3 is 5.69 Å². The Balaban J connectivity index is 2.00. The Morgan fingerprint density at radius 1 is 1.42 bits per heavy atom. The molecule has 0 spiro atoms. The van der Waals surface area contributed by atoms with Gasteiger partial charge in [-0.15, -0.1) is 0 Å². The fraction of sp³-hybridized carbons (Fsp3) is 0.625. The minimum absolute atomic E-state index is 0.0108. The number of hydrogen-bond acceptors (Lipinski definition) is 9. The Labute approximate surface area is 150 Å². The van der Waals surface area contributed by atoms with Gasteiger partial charge in [0.05, 0.1) is 10.6 Å². The highest BCUT2D eigenvalue weighted by atomic mass is 16.6. The van der Waals surface area contributed by atoms with Gasteiger partial charge in [0, 0.05) is 26.2 Å². The van der Waals surface area contributed by atoms with E-state index in [1.807, 2.05) is 7.05 Å². The topological polar surface area (TPSA) is 121 Å². The molecule has 1 aromatic carbocycles. The molecule has 2 N–H and O–H groups in total. The number of aromatic nitrogens is 2. The summed E-state index contributed by atoms with van der Waals surface area (Å²) in [5.41, 5.74) is 1.50. The summed E-state index contributed by atoms with van der Waals surface area (Å²) in [6, 6.07) is 2.05. The molecule has 1 aliphatic rings. The van der Waals surface area contributed by atoms with E-state index < -0.39 is 4.92 Å². The Hall–Kier alpha value is -2.46. The number of piperidine rings is 1. The number of rotatable bonds is 7. The van der Waals surface area contributed by atoms with Crippen molar-refractivity contribution in [2.45, 2.75) is 25.3 Å². The van der Waals surface area contributed by atoms with Crippen molar-refractivity contribution in [3.05, 3.63) is 16.2 Å². The first-order valence-corrected chi connectivity index (χ1v) is 8.72. The highest BCUT2D eigenvalue weighted by Gasteiger charge is 2.29. The van der Waals surface area contributed by atoms with Gasteiger partial charge in [-0.1, -0.05) is 0 Å². The smallest absolute Gasteiger partial charge is 0.323 e. The van der Waals surface area contributed by atoms with Crippen molar-refractivity contribution in [3.63, 3.8) is 0 Å². The van der Waals surface area contributed by atoms with Crippen LogP contribution in [-0.2, 0) is 0 Å². The standard InChI is InChI=1S/C16H24N6O4/c1-20-7-4-11(5-8-20)21(2)13-10-12(17-6-3-9-23)16(22(24)25)15-14(13)18-26-19-15/h10-11,17,23H,3-9H2,1-2H3. The van der Waals surface area contributed by atoms with Gasteiger partial charge in [0.2, 0.25) is 5.52 Å². The van der Waals surface area contributed by atoms with E-state index in [1.54, 1.807) is 6.07 Å². The lowest BCUT2D eigenvalue weighted by atomic mass is 10.0. The van der Waals surface area contributed by atoms with Crippen LogP contribution >= 0.6 is 0 Å². The van der Waals surface area contributed by atoms with Crippen LogP contribution in [0.1, 0.15) is 19.3 Å². The van der Waals surface area contributed by atoms with Crippen LogP contribution in [0.3, 0.4) is 0 Å². The fourth-order valence-corrected chi connectivity index (χ4v) is 3.38. The molecule has 2 heterocycles. The van der Waals surface area contributed by atoms with E-state index >= 15 is 0 Å². The van der Waals surface area contributed by atoms with E-state index in [4.69, 9.17) is 9.74 Å². The van der Waals surface area contributed by atoms with Crippen molar-refractivity contribution < 1.29 is 14.7 Å². The number of hydrogen-bond donors (Lipinski definition) is 2. The summed E-state index contributed by atoms with van der Waals surface area (Å²) in [4.78, 5) is 15.5. The first kappa shape index (κ1) is 18.3. The quantitative estimate of drug-likeness (QED) is 0.427. The number of nitro benzene ring substituents is 1. The van der Waals surface area contributed by atoms with E-state index in [1.165, 1.54) is 0 Å². The van der Waals surface area contributed by atoms with E-state index in [2.05, 4.69) is 32.5 Å². The third-order valence-corrected chi connectivity index (χ3v) is 4.94. The van der Waals surface area contributed by atoms with Gasteiger partial charge in [0.1, 0.15) is 5.69 Å². The Morgan fingerprint density at radius 3 is 2.77 bits per heavy atom. The van der Waals surface area contributed by atoms with E-state index in [0.29, 0.717) is 30.2 Å². The van der Waals surface area contributed by atoms with Crippen molar-refractivity contribution >= 4 is 28.1 Å². The van der Waals surface area contributed by atoms with Crippen molar-refractivity contribution in [1.29, 1.82) is 0 Å². The molecule has 0 bridgehead atoms. The van der Waals surface area contributed by atoms with Crippen molar-refractivity contribution in [2.24, 2.45) is 0 Å². The van der Waals surface area contributed by atoms with Crippen molar-refractivity contribution in [3.8, 4) is 0 Å². The van der Waals surface area contributed by atoms with Gasteiger partial charge in [-0.05, 0) is 55.8 Å². The molecule has 1 saturated heterocycles. The van der Waals surface area contributed by atoms with Crippen LogP contribution in [0.4, 0.5) is 17.1 Å². The summed E-state index contributed by atoms with van der Waals surface area (Å²) in [6.07, 6.45) is 2.50. The van der Waals surface area contributed by atoms with Crippen LogP contribution in [0.5, 0.6) is 0 Å². The monoisotopic (exact) mass is 364 g/mol. The maximum atomic E-state index is 11.6. The zero-order valence-corrected chi connectivity index (χ0v) is 15.0. The lowest BCUT2D eigenvalue weighted by Gasteiger charge is -2.36. The Morgan fingerprint density at radius 2 is 2.12 bits per heavy atom. The third kappa shape index (κ3) is 3.56. The van der Waals surface area contributed by atoms with Crippen LogP contribution in [0.2, 0.25) is 0 Å². The average Bonchev–Trinajstić information content (AvgIpc) is 3.10. The van der Waals surface area contributed by atoms with E-state index in [0.717, 1.165) is 31.6 Å². The summed E-state index contributed by atoms with van der Waals surface area (Å²) < 4.78 is 4.82. The van der Waals surface area contributed by atoms with Crippen LogP contribution in [-0.4, -0.2) is 71.6 Å². The SMILES string of the molecule is CN1CCC(N(C)c2cc(NCCCO)c([N+](=O)[O-])c3nonc23)CC1. The number of likely N-dealkylation sites (tertiary alicyclic amines) is 1. The van der Waals surface area contributed by atoms with Gasteiger partial charge in [-0.2, -0.15) is 0 Å². The first-order valence-electron chi connectivity index (χ1n) is 8.72. The zero-order chi connectivity index (χ0) is 18.7. The number of aliphatic hydroxyl groups is 1. The highest BCUT2D eigenvalue weighted by molar-refractivity contribution is 5.99. The second-order valence-electron chi connectivity index (χ2n) is 6.66. The van der Waals surface area contributed by atoms with E-state index in [-0.39, 0.29) is 17.8 Å². The summed E-state index contributed by atoms with van der Waals surface area (Å²) in [6.45, 7) is 2.44. The molecule has 0 unspecified atom stereocenters. The van der Waals surface area contributed by atoms with Crippen LogP contribution in [0, 0.1) is 10.1 Å². The van der Waals surface area contributed by atoms with Gasteiger partial charge in [-0.3, -0.25) is 10.1 Å². The molecule has 26 heavy (non-hydrogen) atoms. The van der Waals surface area contributed by atoms with Gasteiger partial charge in [0.15, 0.2) is 5.52 Å². The van der Waals surface area contributed by atoms with Gasteiger partial charge in [-0.25, -0.2) is 4.63 Å². The lowest BCUT2D eigenvalue weighted by Crippen LogP contribution is -2.42. The van der Waals surface area contributed by atoms with Crippen molar-refractivity contribution in [1.82, 2.24) is 15.2 Å². The average molecular weight is 364 g/mol. The molecule has 0 amide bonds. The van der Waals surface area contributed by atoms with Crippen LogP contribution in [0.15, 0.2) is 10.7 Å². The number of nitrogens with one attached hydrogen (secondary N) is 1. The van der Waals surface area contributed by atoms with Crippen LogP contribution < -0.4 is 10.2 Å². The lowest BCUT2D eigenvalue weighted by molar-refractivity contribution is -0.382. The third-order valence-electron chi connectivity index (χ3n) is 4.94. The Bertz CT molecular complexity index is 771. The maximum absolute atomic E-state index is 11.6. The second kappa shape index (κ2) is 7.83. The van der Waals surface area contributed by atoms with Crippen molar-refractivity contribution in [2.75, 3.05) is 50.6 Å². The molecule has 0 saturated carbocycles. The molecule has 10 heteroatoms. The summed E-state index contributed by atoms with van der Waals surface area (Å²) in [5, 5.41) is 31.3. The number of anilines is 2. The second-order valence-corrected chi connectivity index (χ2v) is 6.66. The molecule has 0 atom stereocenters. The molecule has 2 aromatic rings. The highest BCUT2D eigenvalue weighted by Crippen LogP contribution is 2.39. The molecular formula is C16H24N6O4. The molecule has 1 aromatic heterocycles. The molecule has 1 fully saturated rings. The van der Waals surface area contributed by atoms with Gasteiger partial charge < -0.3 is 20.2 Å². The summed E-state index contributed by atoms with van der Waals surface area (Å²) in [5.74, 6) is 0. The molecule has 142 valence electrons. The minimum atomic E-state index is -0.479. The van der Waals surface area contributed by atoms with Gasteiger partial charge in [0.25, 0.3) is 0 Å². The minimum Gasteiger partial charge on any atom is -0.396 e. The molecule has 0 aliphatic carbocycles. The number of benzene rings is 1. The van der Waals surface area contributed by atoms with Crippen LogP contribution in [0.25, 0.3) is 11.0 Å². The molecule has 3 rings (SSSR count). The summed E-state index contributed by atoms with van der Waals surface area (Å²) >= 11 is 0. The molecule has 0 radical (unpaired) electrons. The molecular weight excluding hydrogens is 340 g/mol. The Kier molecular flexibility index (Phi) is 5.52. The zero-order valence-electron chi connectivity index (χ0n) is 15.0. The number of nitrogens with zero attached hydrogens (tertiary/aromatic N) is 5. The summed E-state index contributed by atoms with van der Waals surface area (Å²) in [7, 11) is 4.08. The molecule has 1 aliphatic heterocycles. The largest absolute Gasteiger partial charge is 0.396 e.